The van der Waals surface area contributed by atoms with Gasteiger partial charge in [-0.15, -0.1) is 0 Å². The first-order valence-electron chi connectivity index (χ1n) is 12.1. The lowest BCUT2D eigenvalue weighted by Crippen LogP contribution is -2.12. The summed E-state index contributed by atoms with van der Waals surface area (Å²) in [4.78, 5) is 0. The number of halogens is 1. The molecule has 2 aromatic rings. The molecule has 160 valence electrons. The van der Waals surface area contributed by atoms with Gasteiger partial charge in [-0.3, -0.25) is 0 Å². The zero-order valence-corrected chi connectivity index (χ0v) is 18.9. The van der Waals surface area contributed by atoms with Crippen molar-refractivity contribution in [2.24, 2.45) is 5.92 Å². The van der Waals surface area contributed by atoms with Crippen LogP contribution in [0.1, 0.15) is 99.8 Å². The molecule has 0 radical (unpaired) electrons. The van der Waals surface area contributed by atoms with Crippen LogP contribution in [0.25, 0.3) is 0 Å². The van der Waals surface area contributed by atoms with Crippen molar-refractivity contribution in [1.29, 1.82) is 0 Å². The van der Waals surface area contributed by atoms with Crippen LogP contribution in [0, 0.1) is 23.6 Å². The summed E-state index contributed by atoms with van der Waals surface area (Å²) in [5.41, 5.74) is 4.58. The van der Waals surface area contributed by atoms with Gasteiger partial charge in [-0.2, -0.15) is 0 Å². The maximum absolute atomic E-state index is 14.1. The Balaban J connectivity index is 1.48. The lowest BCUT2D eigenvalue weighted by Gasteiger charge is -2.26. The maximum Gasteiger partial charge on any atom is 0.127 e. The van der Waals surface area contributed by atoms with Crippen molar-refractivity contribution in [1.82, 2.24) is 0 Å². The van der Waals surface area contributed by atoms with E-state index in [0.29, 0.717) is 11.8 Å². The number of hydrogen-bond donors (Lipinski definition) is 0. The fraction of sp³-hybridized carbons (Fsp3) is 0.517. The number of benzene rings is 2. The van der Waals surface area contributed by atoms with Crippen LogP contribution >= 0.6 is 0 Å². The van der Waals surface area contributed by atoms with Crippen molar-refractivity contribution >= 4 is 0 Å². The van der Waals surface area contributed by atoms with Gasteiger partial charge in [0.15, 0.2) is 0 Å². The first kappa shape index (κ1) is 22.6. The van der Waals surface area contributed by atoms with Crippen LogP contribution in [-0.2, 0) is 12.8 Å². The van der Waals surface area contributed by atoms with Gasteiger partial charge in [0.05, 0.1) is 0 Å². The van der Waals surface area contributed by atoms with Crippen molar-refractivity contribution in [2.75, 3.05) is 0 Å². The van der Waals surface area contributed by atoms with E-state index in [-0.39, 0.29) is 5.82 Å². The van der Waals surface area contributed by atoms with Crippen molar-refractivity contribution in [3.8, 4) is 11.8 Å². The summed E-state index contributed by atoms with van der Waals surface area (Å²) >= 11 is 0. The summed E-state index contributed by atoms with van der Waals surface area (Å²) < 4.78 is 14.1. The molecular weight excluding hydrogens is 367 g/mol. The van der Waals surface area contributed by atoms with Crippen LogP contribution < -0.4 is 0 Å². The Bertz CT molecular complexity index is 829. The maximum atomic E-state index is 14.1. The Morgan fingerprint density at radius 2 is 1.60 bits per heavy atom. The van der Waals surface area contributed by atoms with Gasteiger partial charge >= 0.3 is 0 Å². The van der Waals surface area contributed by atoms with E-state index in [1.807, 2.05) is 12.1 Å². The Morgan fingerprint density at radius 1 is 0.833 bits per heavy atom. The van der Waals surface area contributed by atoms with Crippen molar-refractivity contribution in [2.45, 2.75) is 90.4 Å². The van der Waals surface area contributed by atoms with E-state index in [4.69, 9.17) is 0 Å². The van der Waals surface area contributed by atoms with Gasteiger partial charge in [0.1, 0.15) is 5.82 Å². The van der Waals surface area contributed by atoms with Crippen molar-refractivity contribution in [3.05, 3.63) is 70.5 Å². The fourth-order valence-electron chi connectivity index (χ4n) is 4.57. The zero-order chi connectivity index (χ0) is 21.2. The molecule has 0 bridgehead atoms. The largest absolute Gasteiger partial charge is 0.207 e. The van der Waals surface area contributed by atoms with Crippen LogP contribution in [-0.4, -0.2) is 0 Å². The summed E-state index contributed by atoms with van der Waals surface area (Å²) in [6.45, 7) is 4.34. The quantitative estimate of drug-likeness (QED) is 0.307. The number of unbranched alkanes of at least 4 members (excludes halogenated alkanes) is 3. The molecule has 1 fully saturated rings. The molecule has 2 aromatic carbocycles. The molecule has 1 aliphatic rings. The monoisotopic (exact) mass is 404 g/mol. The number of rotatable bonds is 8. The minimum Gasteiger partial charge on any atom is -0.207 e. The molecule has 1 heteroatoms. The van der Waals surface area contributed by atoms with Gasteiger partial charge in [0.2, 0.25) is 0 Å². The molecule has 0 N–H and O–H groups in total. The molecule has 0 aromatic heterocycles. The normalized spacial score (nSPS) is 18.6. The van der Waals surface area contributed by atoms with Crippen LogP contribution in [0.5, 0.6) is 0 Å². The molecule has 0 atom stereocenters. The van der Waals surface area contributed by atoms with Gasteiger partial charge in [-0.05, 0) is 79.7 Å². The molecule has 0 amide bonds. The highest BCUT2D eigenvalue weighted by Gasteiger charge is 2.21. The zero-order valence-electron chi connectivity index (χ0n) is 18.9. The minimum absolute atomic E-state index is 0.110. The van der Waals surface area contributed by atoms with Gasteiger partial charge < -0.3 is 0 Å². The van der Waals surface area contributed by atoms with Crippen molar-refractivity contribution < 1.29 is 4.39 Å². The van der Waals surface area contributed by atoms with E-state index in [9.17, 15) is 4.39 Å². The molecular formula is C29H37F. The average molecular weight is 405 g/mol. The Morgan fingerprint density at radius 3 is 2.27 bits per heavy atom. The third-order valence-corrected chi connectivity index (χ3v) is 6.49. The van der Waals surface area contributed by atoms with Crippen molar-refractivity contribution in [3.63, 3.8) is 0 Å². The lowest BCUT2D eigenvalue weighted by molar-refractivity contribution is 0.384. The molecule has 1 aliphatic carbocycles. The second kappa shape index (κ2) is 11.9. The summed E-state index contributed by atoms with van der Waals surface area (Å²) in [5.74, 6) is 7.64. The van der Waals surface area contributed by atoms with Crippen LogP contribution in [0.2, 0.25) is 0 Å². The third-order valence-electron chi connectivity index (χ3n) is 6.49. The third kappa shape index (κ3) is 6.73. The van der Waals surface area contributed by atoms with E-state index in [2.05, 4.69) is 50.0 Å². The summed E-state index contributed by atoms with van der Waals surface area (Å²) in [6, 6.07) is 14.9. The average Bonchev–Trinajstić information content (AvgIpc) is 2.78. The van der Waals surface area contributed by atoms with Gasteiger partial charge in [-0.25, -0.2) is 4.39 Å². The molecule has 0 heterocycles. The molecule has 0 aliphatic heterocycles. The summed E-state index contributed by atoms with van der Waals surface area (Å²) in [7, 11) is 0. The number of hydrogen-bond acceptors (Lipinski definition) is 0. The molecule has 3 rings (SSSR count). The van der Waals surface area contributed by atoms with Gasteiger partial charge in [0, 0.05) is 11.5 Å². The second-order valence-corrected chi connectivity index (χ2v) is 8.93. The summed E-state index contributed by atoms with van der Waals surface area (Å²) in [5, 5.41) is 0. The Labute approximate surface area is 183 Å². The molecule has 0 spiro atoms. The van der Waals surface area contributed by atoms with E-state index in [0.717, 1.165) is 36.8 Å². The standard InChI is InChI=1S/C29H37F/c1-3-5-6-7-9-23-12-17-26(18-13-23)27-19-14-24(15-20-27)10-11-25-16-21-28(8-4-2)29(30)22-25/h12-13,16-18,21-22,24,27H,3-9,14-15,19-20H2,1-2H3. The molecule has 0 nitrogen and oxygen atoms in total. The highest BCUT2D eigenvalue weighted by molar-refractivity contribution is 5.37. The number of aryl methyl sites for hydroxylation is 2. The van der Waals surface area contributed by atoms with E-state index in [1.54, 1.807) is 6.07 Å². The molecule has 30 heavy (non-hydrogen) atoms. The molecule has 0 saturated heterocycles. The second-order valence-electron chi connectivity index (χ2n) is 8.93. The fourth-order valence-corrected chi connectivity index (χ4v) is 4.57. The highest BCUT2D eigenvalue weighted by Crippen LogP contribution is 2.35. The lowest BCUT2D eigenvalue weighted by atomic mass is 9.78. The van der Waals surface area contributed by atoms with E-state index in [1.165, 1.54) is 56.1 Å². The highest BCUT2D eigenvalue weighted by atomic mass is 19.1. The van der Waals surface area contributed by atoms with Crippen LogP contribution in [0.3, 0.4) is 0 Å². The Hall–Kier alpha value is -2.07. The smallest absolute Gasteiger partial charge is 0.127 e. The molecule has 1 saturated carbocycles. The minimum atomic E-state index is -0.110. The van der Waals surface area contributed by atoms with Gasteiger partial charge in [0.25, 0.3) is 0 Å². The van der Waals surface area contributed by atoms with Crippen LogP contribution in [0.4, 0.5) is 4.39 Å². The predicted octanol–water partition coefficient (Wildman–Crippen LogP) is 8.23. The topological polar surface area (TPSA) is 0 Å². The SMILES string of the molecule is CCCCCCc1ccc(C2CCC(C#Cc3ccc(CCC)c(F)c3)CC2)cc1. The first-order chi connectivity index (χ1) is 14.7. The van der Waals surface area contributed by atoms with E-state index < -0.39 is 0 Å². The van der Waals surface area contributed by atoms with Gasteiger partial charge in [-0.1, -0.05) is 81.7 Å². The Kier molecular flexibility index (Phi) is 9.00. The van der Waals surface area contributed by atoms with Crippen LogP contribution in [0.15, 0.2) is 42.5 Å². The summed E-state index contributed by atoms with van der Waals surface area (Å²) in [6.07, 6.45) is 13.0. The van der Waals surface area contributed by atoms with E-state index >= 15 is 0 Å². The molecule has 0 unspecified atom stereocenters. The first-order valence-corrected chi connectivity index (χ1v) is 12.1. The predicted molar refractivity (Wildman–Crippen MR) is 126 cm³/mol.